The van der Waals surface area contributed by atoms with Gasteiger partial charge in [-0.15, -0.1) is 0 Å². The maximum absolute atomic E-state index is 13.1. The normalized spacial score (nSPS) is 18.1. The molecule has 1 aromatic carbocycles. The molecule has 0 unspecified atom stereocenters. The van der Waals surface area contributed by atoms with Crippen LogP contribution in [-0.4, -0.2) is 19.0 Å². The lowest BCUT2D eigenvalue weighted by molar-refractivity contribution is -0.127. The highest BCUT2D eigenvalue weighted by Crippen LogP contribution is 2.34. The maximum atomic E-state index is 13.1. The number of rotatable bonds is 3. The Kier molecular flexibility index (Phi) is 4.42. The Balaban J connectivity index is 2.12. The van der Waals surface area contributed by atoms with Gasteiger partial charge in [-0.05, 0) is 50.6 Å². The average molecular weight is 285 g/mol. The van der Waals surface area contributed by atoms with Crippen LogP contribution in [0, 0.1) is 11.2 Å². The molecule has 1 saturated heterocycles. The number of hydrogen-bond acceptors (Lipinski definition) is 2. The quantitative estimate of drug-likeness (QED) is 0.895. The maximum Gasteiger partial charge on any atom is 0.230 e. The van der Waals surface area contributed by atoms with Crippen LogP contribution in [0.4, 0.5) is 10.1 Å². The van der Waals surface area contributed by atoms with Gasteiger partial charge >= 0.3 is 0 Å². The summed E-state index contributed by atoms with van der Waals surface area (Å²) in [5, 5.41) is 6.13. The molecule has 1 aromatic rings. The van der Waals surface area contributed by atoms with Gasteiger partial charge in [0.25, 0.3) is 0 Å². The van der Waals surface area contributed by atoms with Crippen LogP contribution in [-0.2, 0) is 4.79 Å². The van der Waals surface area contributed by atoms with Crippen LogP contribution in [0.1, 0.15) is 26.2 Å². The highest BCUT2D eigenvalue weighted by molar-refractivity contribution is 6.31. The minimum atomic E-state index is -0.480. The Hall–Kier alpha value is -1.13. The first-order valence-corrected chi connectivity index (χ1v) is 6.92. The molecule has 5 heteroatoms. The molecule has 2 N–H and O–H groups in total. The lowest BCUT2D eigenvalue weighted by Crippen LogP contribution is -2.44. The summed E-state index contributed by atoms with van der Waals surface area (Å²) in [4.78, 5) is 12.4. The second-order valence-electron chi connectivity index (χ2n) is 4.97. The van der Waals surface area contributed by atoms with Crippen LogP contribution < -0.4 is 10.6 Å². The number of carbonyl (C=O) groups excluding carboxylic acids is 1. The third-order valence-electron chi connectivity index (χ3n) is 3.90. The summed E-state index contributed by atoms with van der Waals surface area (Å²) in [7, 11) is 0. The number of nitrogens with one attached hydrogen (secondary N) is 2. The van der Waals surface area contributed by atoms with Gasteiger partial charge in [0.05, 0.1) is 10.4 Å². The number of piperidine rings is 1. The van der Waals surface area contributed by atoms with E-state index in [1.807, 2.05) is 6.92 Å². The molecule has 0 spiro atoms. The molecule has 0 atom stereocenters. The zero-order valence-corrected chi connectivity index (χ0v) is 11.7. The van der Waals surface area contributed by atoms with Gasteiger partial charge in [-0.3, -0.25) is 4.79 Å². The van der Waals surface area contributed by atoms with Crippen molar-refractivity contribution in [2.24, 2.45) is 5.41 Å². The highest BCUT2D eigenvalue weighted by Gasteiger charge is 2.37. The lowest BCUT2D eigenvalue weighted by atomic mass is 9.76. The highest BCUT2D eigenvalue weighted by atomic mass is 35.5. The van der Waals surface area contributed by atoms with Gasteiger partial charge in [-0.2, -0.15) is 0 Å². The van der Waals surface area contributed by atoms with E-state index >= 15 is 0 Å². The summed E-state index contributed by atoms with van der Waals surface area (Å²) in [5.41, 5.74) is 0.217. The van der Waals surface area contributed by atoms with Crippen LogP contribution in [0.25, 0.3) is 0 Å². The number of halogens is 2. The summed E-state index contributed by atoms with van der Waals surface area (Å²) in [6, 6.07) is 4.24. The third-order valence-corrected chi connectivity index (χ3v) is 4.19. The molecule has 1 fully saturated rings. The van der Waals surface area contributed by atoms with Gasteiger partial charge in [0.15, 0.2) is 0 Å². The monoisotopic (exact) mass is 284 g/mol. The molecule has 19 heavy (non-hydrogen) atoms. The number of amides is 1. The van der Waals surface area contributed by atoms with E-state index in [4.69, 9.17) is 11.6 Å². The van der Waals surface area contributed by atoms with Crippen molar-refractivity contribution in [3.05, 3.63) is 29.0 Å². The Labute approximate surface area is 117 Å². The van der Waals surface area contributed by atoms with Crippen molar-refractivity contribution in [1.29, 1.82) is 0 Å². The predicted molar refractivity (Wildman–Crippen MR) is 74.9 cm³/mol. The summed E-state index contributed by atoms with van der Waals surface area (Å²) in [6.45, 7) is 3.74. The van der Waals surface area contributed by atoms with E-state index in [1.165, 1.54) is 18.2 Å². The van der Waals surface area contributed by atoms with E-state index in [0.29, 0.717) is 5.69 Å². The molecule has 0 saturated carbocycles. The van der Waals surface area contributed by atoms with Crippen molar-refractivity contribution < 1.29 is 9.18 Å². The molecule has 3 nitrogen and oxygen atoms in total. The van der Waals surface area contributed by atoms with Crippen LogP contribution in [0.5, 0.6) is 0 Å². The Morgan fingerprint density at radius 3 is 2.74 bits per heavy atom. The fourth-order valence-corrected chi connectivity index (χ4v) is 2.66. The predicted octanol–water partition coefficient (Wildman–Crippen LogP) is 3.20. The molecule has 0 aromatic heterocycles. The zero-order chi connectivity index (χ0) is 13.9. The molecule has 104 valence electrons. The van der Waals surface area contributed by atoms with Gasteiger partial charge in [-0.1, -0.05) is 18.5 Å². The Morgan fingerprint density at radius 2 is 2.16 bits per heavy atom. The molecule has 1 aliphatic rings. The second kappa shape index (κ2) is 5.88. The average Bonchev–Trinajstić information content (AvgIpc) is 2.43. The fourth-order valence-electron chi connectivity index (χ4n) is 2.48. The van der Waals surface area contributed by atoms with E-state index < -0.39 is 5.82 Å². The first-order chi connectivity index (χ1) is 9.07. The van der Waals surface area contributed by atoms with Crippen molar-refractivity contribution in [1.82, 2.24) is 5.32 Å². The molecule has 1 aliphatic heterocycles. The van der Waals surface area contributed by atoms with E-state index in [0.717, 1.165) is 32.4 Å². The van der Waals surface area contributed by atoms with E-state index in [-0.39, 0.29) is 16.3 Å². The molecule has 2 rings (SSSR count). The van der Waals surface area contributed by atoms with Crippen LogP contribution >= 0.6 is 11.6 Å². The first-order valence-electron chi connectivity index (χ1n) is 6.54. The summed E-state index contributed by atoms with van der Waals surface area (Å²) in [5.74, 6) is -0.481. The van der Waals surface area contributed by atoms with Crippen molar-refractivity contribution in [2.45, 2.75) is 26.2 Å². The SMILES string of the molecule is CCC1(C(=O)Nc2ccc(F)c(Cl)c2)CCNCC1. The molecular formula is C14H18ClFN2O. The number of anilines is 1. The minimum absolute atomic E-state index is 0.000764. The standard InChI is InChI=1S/C14H18ClFN2O/c1-2-14(5-7-17-8-6-14)13(19)18-10-3-4-12(16)11(15)9-10/h3-4,9,17H,2,5-8H2,1H3,(H,18,19). The van der Waals surface area contributed by atoms with Gasteiger partial charge < -0.3 is 10.6 Å². The molecule has 0 bridgehead atoms. The second-order valence-corrected chi connectivity index (χ2v) is 5.37. The van der Waals surface area contributed by atoms with Gasteiger partial charge in [-0.25, -0.2) is 4.39 Å². The van der Waals surface area contributed by atoms with E-state index in [9.17, 15) is 9.18 Å². The van der Waals surface area contributed by atoms with Gasteiger partial charge in [0.1, 0.15) is 5.82 Å². The van der Waals surface area contributed by atoms with Crippen LogP contribution in [0.3, 0.4) is 0 Å². The van der Waals surface area contributed by atoms with Gasteiger partial charge in [0.2, 0.25) is 5.91 Å². The number of hydrogen-bond donors (Lipinski definition) is 2. The van der Waals surface area contributed by atoms with Crippen molar-refractivity contribution >= 4 is 23.2 Å². The first kappa shape index (κ1) is 14.3. The van der Waals surface area contributed by atoms with E-state index in [2.05, 4.69) is 10.6 Å². The number of carbonyl (C=O) groups is 1. The van der Waals surface area contributed by atoms with Crippen LogP contribution in [0.15, 0.2) is 18.2 Å². The van der Waals surface area contributed by atoms with Crippen molar-refractivity contribution in [3.8, 4) is 0 Å². The van der Waals surface area contributed by atoms with Gasteiger partial charge in [0, 0.05) is 5.69 Å². The molecule has 1 amide bonds. The Morgan fingerprint density at radius 1 is 1.47 bits per heavy atom. The van der Waals surface area contributed by atoms with Crippen molar-refractivity contribution in [3.63, 3.8) is 0 Å². The smallest absolute Gasteiger partial charge is 0.230 e. The Bertz CT molecular complexity index is 473. The molecule has 0 aliphatic carbocycles. The van der Waals surface area contributed by atoms with E-state index in [1.54, 1.807) is 0 Å². The summed E-state index contributed by atoms with van der Waals surface area (Å²) >= 11 is 5.72. The molecule has 1 heterocycles. The summed E-state index contributed by atoms with van der Waals surface area (Å²) in [6.07, 6.45) is 2.45. The topological polar surface area (TPSA) is 41.1 Å². The largest absolute Gasteiger partial charge is 0.326 e. The third kappa shape index (κ3) is 3.07. The number of benzene rings is 1. The minimum Gasteiger partial charge on any atom is -0.326 e. The molecule has 0 radical (unpaired) electrons. The fraction of sp³-hybridized carbons (Fsp3) is 0.500. The van der Waals surface area contributed by atoms with Crippen LogP contribution in [0.2, 0.25) is 5.02 Å². The molecular weight excluding hydrogens is 267 g/mol. The summed E-state index contributed by atoms with van der Waals surface area (Å²) < 4.78 is 13.1. The lowest BCUT2D eigenvalue weighted by Gasteiger charge is -2.35. The zero-order valence-electron chi connectivity index (χ0n) is 10.9. The van der Waals surface area contributed by atoms with Crippen molar-refractivity contribution in [2.75, 3.05) is 18.4 Å².